The Hall–Kier alpha value is -1.02. The Morgan fingerprint density at radius 2 is 2.00 bits per heavy atom. The molecule has 3 heteroatoms. The van der Waals surface area contributed by atoms with Crippen molar-refractivity contribution in [3.05, 3.63) is 28.8 Å². The van der Waals surface area contributed by atoms with Crippen LogP contribution in [0.2, 0.25) is 5.02 Å². The lowest BCUT2D eigenvalue weighted by atomic mass is 9.87. The zero-order valence-corrected chi connectivity index (χ0v) is 11.1. The number of nitrogens with one attached hydrogen (secondary N) is 1. The Balaban J connectivity index is 2.16. The number of amides is 1. The van der Waals surface area contributed by atoms with Crippen LogP contribution in [-0.2, 0) is 4.79 Å². The van der Waals surface area contributed by atoms with Gasteiger partial charge in [-0.25, -0.2) is 0 Å². The predicted molar refractivity (Wildman–Crippen MR) is 71.4 cm³/mol. The zero-order valence-electron chi connectivity index (χ0n) is 10.3. The molecule has 1 fully saturated rings. The van der Waals surface area contributed by atoms with E-state index in [1.54, 1.807) is 0 Å². The van der Waals surface area contributed by atoms with Gasteiger partial charge in [-0.15, -0.1) is 0 Å². The molecule has 92 valence electrons. The second-order valence-corrected chi connectivity index (χ2v) is 5.54. The number of hydrogen-bond donors (Lipinski definition) is 1. The molecule has 0 bridgehead atoms. The van der Waals surface area contributed by atoms with E-state index in [9.17, 15) is 4.79 Å². The van der Waals surface area contributed by atoms with Crippen LogP contribution in [0.25, 0.3) is 0 Å². The van der Waals surface area contributed by atoms with Crippen molar-refractivity contribution in [2.75, 3.05) is 5.32 Å². The molecule has 1 saturated carbocycles. The molecule has 0 saturated heterocycles. The lowest BCUT2D eigenvalue weighted by Crippen LogP contribution is -2.31. The fraction of sp³-hybridized carbons (Fsp3) is 0.500. The number of anilines is 1. The van der Waals surface area contributed by atoms with Crippen molar-refractivity contribution < 1.29 is 4.79 Å². The highest BCUT2D eigenvalue weighted by Crippen LogP contribution is 2.38. The molecule has 0 aliphatic heterocycles. The third-order valence-electron chi connectivity index (χ3n) is 3.77. The van der Waals surface area contributed by atoms with Crippen molar-refractivity contribution >= 4 is 23.2 Å². The first-order valence-electron chi connectivity index (χ1n) is 6.09. The zero-order chi connectivity index (χ0) is 12.5. The van der Waals surface area contributed by atoms with Crippen molar-refractivity contribution in [2.24, 2.45) is 5.41 Å². The summed E-state index contributed by atoms with van der Waals surface area (Å²) in [4.78, 5) is 12.2. The van der Waals surface area contributed by atoms with Crippen LogP contribution in [0.3, 0.4) is 0 Å². The molecule has 1 aromatic carbocycles. The van der Waals surface area contributed by atoms with Gasteiger partial charge >= 0.3 is 0 Å². The van der Waals surface area contributed by atoms with Gasteiger partial charge in [-0.3, -0.25) is 4.79 Å². The van der Waals surface area contributed by atoms with Crippen LogP contribution >= 0.6 is 11.6 Å². The maximum absolute atomic E-state index is 12.2. The lowest BCUT2D eigenvalue weighted by molar-refractivity contribution is -0.124. The highest BCUT2D eigenvalue weighted by atomic mass is 35.5. The van der Waals surface area contributed by atoms with Gasteiger partial charge < -0.3 is 5.32 Å². The molecule has 17 heavy (non-hydrogen) atoms. The number of hydrogen-bond acceptors (Lipinski definition) is 1. The van der Waals surface area contributed by atoms with E-state index in [2.05, 4.69) is 12.2 Å². The van der Waals surface area contributed by atoms with E-state index >= 15 is 0 Å². The number of benzene rings is 1. The number of rotatable bonds is 2. The van der Waals surface area contributed by atoms with E-state index in [4.69, 9.17) is 11.6 Å². The van der Waals surface area contributed by atoms with E-state index in [1.165, 1.54) is 0 Å². The topological polar surface area (TPSA) is 29.1 Å². The van der Waals surface area contributed by atoms with Crippen molar-refractivity contribution in [3.8, 4) is 0 Å². The summed E-state index contributed by atoms with van der Waals surface area (Å²) < 4.78 is 0. The molecular weight excluding hydrogens is 234 g/mol. The first-order valence-corrected chi connectivity index (χ1v) is 6.47. The monoisotopic (exact) mass is 251 g/mol. The predicted octanol–water partition coefficient (Wildman–Crippen LogP) is 4.17. The van der Waals surface area contributed by atoms with E-state index in [0.29, 0.717) is 5.02 Å². The molecule has 0 radical (unpaired) electrons. The Labute approximate surface area is 107 Å². The maximum Gasteiger partial charge on any atom is 0.230 e. The fourth-order valence-corrected chi connectivity index (χ4v) is 2.57. The van der Waals surface area contributed by atoms with E-state index in [1.807, 2.05) is 25.1 Å². The SMILES string of the molecule is Cc1c(Cl)cccc1NC(=O)C1(C)CCCC1. The minimum atomic E-state index is -0.200. The van der Waals surface area contributed by atoms with Crippen LogP contribution in [0.1, 0.15) is 38.2 Å². The van der Waals surface area contributed by atoms with Gasteiger partial charge in [0.15, 0.2) is 0 Å². The molecular formula is C14H18ClNO. The van der Waals surface area contributed by atoms with Gasteiger partial charge in [-0.1, -0.05) is 37.4 Å². The molecule has 1 aromatic rings. The summed E-state index contributed by atoms with van der Waals surface area (Å²) in [6.45, 7) is 3.98. The van der Waals surface area contributed by atoms with E-state index < -0.39 is 0 Å². The third kappa shape index (κ3) is 2.47. The Morgan fingerprint density at radius 1 is 1.35 bits per heavy atom. The molecule has 0 spiro atoms. The van der Waals surface area contributed by atoms with E-state index in [-0.39, 0.29) is 11.3 Å². The van der Waals surface area contributed by atoms with Gasteiger partial charge in [0.05, 0.1) is 0 Å². The molecule has 2 rings (SSSR count). The summed E-state index contributed by atoms with van der Waals surface area (Å²) in [5.41, 5.74) is 1.56. The summed E-state index contributed by atoms with van der Waals surface area (Å²) >= 11 is 6.04. The molecule has 0 heterocycles. The van der Waals surface area contributed by atoms with Crippen LogP contribution in [0, 0.1) is 12.3 Å². The van der Waals surface area contributed by atoms with Crippen LogP contribution in [0.15, 0.2) is 18.2 Å². The summed E-state index contributed by atoms with van der Waals surface area (Å²) in [5.74, 6) is 0.125. The second-order valence-electron chi connectivity index (χ2n) is 5.13. The summed E-state index contributed by atoms with van der Waals surface area (Å²) in [5, 5.41) is 3.70. The number of carbonyl (C=O) groups excluding carboxylic acids is 1. The quantitative estimate of drug-likeness (QED) is 0.840. The average Bonchev–Trinajstić information content (AvgIpc) is 2.73. The number of carbonyl (C=O) groups is 1. The standard InChI is InChI=1S/C14H18ClNO/c1-10-11(15)6-5-7-12(10)16-13(17)14(2)8-3-4-9-14/h5-7H,3-4,8-9H2,1-2H3,(H,16,17). The Morgan fingerprint density at radius 3 is 2.65 bits per heavy atom. The van der Waals surface area contributed by atoms with E-state index in [0.717, 1.165) is 36.9 Å². The fourth-order valence-electron chi connectivity index (χ4n) is 2.40. The van der Waals surface area contributed by atoms with Gasteiger partial charge in [0.1, 0.15) is 0 Å². The first-order chi connectivity index (χ1) is 8.03. The summed E-state index contributed by atoms with van der Waals surface area (Å²) in [6, 6.07) is 5.60. The van der Waals surface area contributed by atoms with Gasteiger partial charge in [0, 0.05) is 16.1 Å². The highest BCUT2D eigenvalue weighted by molar-refractivity contribution is 6.31. The smallest absolute Gasteiger partial charge is 0.230 e. The largest absolute Gasteiger partial charge is 0.325 e. The van der Waals surface area contributed by atoms with Crippen molar-refractivity contribution in [1.82, 2.24) is 0 Å². The molecule has 1 amide bonds. The second kappa shape index (κ2) is 4.69. The van der Waals surface area contributed by atoms with Crippen LogP contribution < -0.4 is 5.32 Å². The minimum Gasteiger partial charge on any atom is -0.325 e. The molecule has 0 aromatic heterocycles. The Kier molecular flexibility index (Phi) is 3.43. The number of halogens is 1. The van der Waals surface area contributed by atoms with Gasteiger partial charge in [0.2, 0.25) is 5.91 Å². The van der Waals surface area contributed by atoms with Crippen molar-refractivity contribution in [1.29, 1.82) is 0 Å². The minimum absolute atomic E-state index is 0.125. The van der Waals surface area contributed by atoms with Crippen LogP contribution in [-0.4, -0.2) is 5.91 Å². The molecule has 1 N–H and O–H groups in total. The normalized spacial score (nSPS) is 18.1. The average molecular weight is 252 g/mol. The summed E-state index contributed by atoms with van der Waals surface area (Å²) in [7, 11) is 0. The lowest BCUT2D eigenvalue weighted by Gasteiger charge is -2.23. The molecule has 0 atom stereocenters. The van der Waals surface area contributed by atoms with Crippen LogP contribution in [0.4, 0.5) is 5.69 Å². The van der Waals surface area contributed by atoms with Crippen molar-refractivity contribution in [3.63, 3.8) is 0 Å². The maximum atomic E-state index is 12.2. The van der Waals surface area contributed by atoms with Gasteiger partial charge in [-0.05, 0) is 37.5 Å². The Bertz CT molecular complexity index is 436. The molecule has 0 unspecified atom stereocenters. The van der Waals surface area contributed by atoms with Crippen molar-refractivity contribution in [2.45, 2.75) is 39.5 Å². The summed E-state index contributed by atoms with van der Waals surface area (Å²) in [6.07, 6.45) is 4.27. The molecule has 1 aliphatic rings. The third-order valence-corrected chi connectivity index (χ3v) is 4.18. The van der Waals surface area contributed by atoms with Gasteiger partial charge in [0.25, 0.3) is 0 Å². The van der Waals surface area contributed by atoms with Crippen LogP contribution in [0.5, 0.6) is 0 Å². The van der Waals surface area contributed by atoms with Gasteiger partial charge in [-0.2, -0.15) is 0 Å². The molecule has 2 nitrogen and oxygen atoms in total. The first kappa shape index (κ1) is 12.4. The highest BCUT2D eigenvalue weighted by Gasteiger charge is 2.36. The molecule has 1 aliphatic carbocycles.